The minimum Gasteiger partial charge on any atom is -0.448 e. The van der Waals surface area contributed by atoms with Crippen LogP contribution in [0.4, 0.5) is 0 Å². The molecule has 0 aromatic carbocycles. The zero-order valence-electron chi connectivity index (χ0n) is 8.12. The first-order valence-corrected chi connectivity index (χ1v) is 4.42. The van der Waals surface area contributed by atoms with E-state index in [2.05, 4.69) is 4.98 Å². The number of rotatable bonds is 5. The van der Waals surface area contributed by atoms with Crippen molar-refractivity contribution in [2.45, 2.75) is 32.4 Å². The topological polar surface area (TPSA) is 61.3 Å². The number of hydrogen-bond acceptors (Lipinski definition) is 4. The van der Waals surface area contributed by atoms with Crippen LogP contribution < -0.4 is 5.73 Å². The monoisotopic (exact) mass is 184 g/mol. The molecule has 0 aliphatic rings. The van der Waals surface area contributed by atoms with Gasteiger partial charge in [-0.3, -0.25) is 0 Å². The molecule has 1 aromatic heterocycles. The van der Waals surface area contributed by atoms with Gasteiger partial charge < -0.3 is 14.9 Å². The van der Waals surface area contributed by atoms with E-state index >= 15 is 0 Å². The molecule has 74 valence electrons. The molecule has 1 atom stereocenters. The van der Waals surface area contributed by atoms with E-state index in [1.807, 2.05) is 6.92 Å². The average Bonchev–Trinajstić information content (AvgIpc) is 2.61. The Morgan fingerprint density at radius 3 is 3.08 bits per heavy atom. The largest absolute Gasteiger partial charge is 0.448 e. The Balaban J connectivity index is 2.44. The molecule has 1 aromatic rings. The summed E-state index contributed by atoms with van der Waals surface area (Å²) in [6.45, 7) is 2.46. The summed E-state index contributed by atoms with van der Waals surface area (Å²) in [6.07, 6.45) is 3.45. The van der Waals surface area contributed by atoms with Gasteiger partial charge in [0.2, 0.25) is 0 Å². The van der Waals surface area contributed by atoms with Gasteiger partial charge >= 0.3 is 0 Å². The molecule has 0 spiro atoms. The van der Waals surface area contributed by atoms with E-state index in [0.29, 0.717) is 6.54 Å². The molecular weight excluding hydrogens is 168 g/mol. The number of aromatic nitrogens is 1. The third kappa shape index (κ3) is 2.82. The lowest BCUT2D eigenvalue weighted by molar-refractivity contribution is 0.110. The van der Waals surface area contributed by atoms with Gasteiger partial charge in [-0.2, -0.15) is 0 Å². The lowest BCUT2D eigenvalue weighted by atomic mass is 10.1. The third-order valence-corrected chi connectivity index (χ3v) is 2.10. The van der Waals surface area contributed by atoms with Crippen LogP contribution in [0.15, 0.2) is 10.8 Å². The molecular formula is C9H16N2O2. The predicted molar refractivity (Wildman–Crippen MR) is 49.2 cm³/mol. The van der Waals surface area contributed by atoms with Crippen molar-refractivity contribution in [1.82, 2.24) is 4.98 Å². The molecule has 0 saturated carbocycles. The second kappa shape index (κ2) is 4.99. The number of methoxy groups -OCH3 is 1. The van der Waals surface area contributed by atoms with Gasteiger partial charge in [-0.15, -0.1) is 0 Å². The lowest BCUT2D eigenvalue weighted by Crippen LogP contribution is -2.07. The first-order valence-electron chi connectivity index (χ1n) is 4.42. The number of nitrogens with zero attached hydrogens (tertiary/aromatic N) is 1. The number of ether oxygens (including phenoxy) is 1. The molecule has 0 radical (unpaired) electrons. The molecule has 0 bridgehead atoms. The van der Waals surface area contributed by atoms with E-state index < -0.39 is 0 Å². The number of nitrogens with two attached hydrogens (primary N) is 1. The van der Waals surface area contributed by atoms with E-state index in [1.165, 1.54) is 6.39 Å². The Bertz CT molecular complexity index is 248. The van der Waals surface area contributed by atoms with Crippen molar-refractivity contribution in [2.75, 3.05) is 7.11 Å². The normalized spacial score (nSPS) is 13.2. The van der Waals surface area contributed by atoms with Crippen LogP contribution in [0, 0.1) is 0 Å². The lowest BCUT2D eigenvalue weighted by Gasteiger charge is -2.07. The fraction of sp³-hybridized carbons (Fsp3) is 0.667. The van der Waals surface area contributed by atoms with Gasteiger partial charge in [0.15, 0.2) is 6.39 Å². The molecule has 0 amide bonds. The highest BCUT2D eigenvalue weighted by Gasteiger charge is 2.08. The van der Waals surface area contributed by atoms with Crippen molar-refractivity contribution in [3.8, 4) is 0 Å². The molecule has 0 aliphatic carbocycles. The van der Waals surface area contributed by atoms with Crippen LogP contribution in [-0.4, -0.2) is 18.2 Å². The molecule has 2 N–H and O–H groups in total. The van der Waals surface area contributed by atoms with Crippen molar-refractivity contribution in [3.63, 3.8) is 0 Å². The maximum Gasteiger partial charge on any atom is 0.181 e. The van der Waals surface area contributed by atoms with Gasteiger partial charge in [0, 0.05) is 20.1 Å². The summed E-state index contributed by atoms with van der Waals surface area (Å²) in [7, 11) is 1.70. The fourth-order valence-corrected chi connectivity index (χ4v) is 1.12. The van der Waals surface area contributed by atoms with Gasteiger partial charge in [-0.1, -0.05) is 0 Å². The molecule has 0 fully saturated rings. The summed E-state index contributed by atoms with van der Waals surface area (Å²) >= 11 is 0. The summed E-state index contributed by atoms with van der Waals surface area (Å²) in [4.78, 5) is 4.01. The molecule has 1 heterocycles. The molecule has 4 heteroatoms. The first kappa shape index (κ1) is 10.2. The molecule has 0 aliphatic heterocycles. The fourth-order valence-electron chi connectivity index (χ4n) is 1.12. The minimum absolute atomic E-state index is 0.246. The third-order valence-electron chi connectivity index (χ3n) is 2.10. The van der Waals surface area contributed by atoms with Crippen LogP contribution in [0.2, 0.25) is 0 Å². The van der Waals surface area contributed by atoms with Crippen LogP contribution >= 0.6 is 0 Å². The standard InChI is InChI=1S/C9H16N2O2/c1-7(12-2)3-4-9-8(5-10)11-6-13-9/h6-7H,3-5,10H2,1-2H3. The highest BCUT2D eigenvalue weighted by molar-refractivity contribution is 5.06. The zero-order chi connectivity index (χ0) is 9.68. The van der Waals surface area contributed by atoms with E-state index in [0.717, 1.165) is 24.3 Å². The summed E-state index contributed by atoms with van der Waals surface area (Å²) in [5.74, 6) is 0.881. The number of oxazole rings is 1. The second-order valence-corrected chi connectivity index (χ2v) is 3.01. The van der Waals surface area contributed by atoms with Crippen LogP contribution in [0.25, 0.3) is 0 Å². The second-order valence-electron chi connectivity index (χ2n) is 3.01. The maximum atomic E-state index is 5.48. The summed E-state index contributed by atoms with van der Waals surface area (Å²) in [6, 6.07) is 0. The number of aryl methyl sites for hydroxylation is 1. The van der Waals surface area contributed by atoms with E-state index in [1.54, 1.807) is 7.11 Å². The molecule has 1 unspecified atom stereocenters. The smallest absolute Gasteiger partial charge is 0.181 e. The van der Waals surface area contributed by atoms with Gasteiger partial charge in [0.25, 0.3) is 0 Å². The van der Waals surface area contributed by atoms with E-state index in [-0.39, 0.29) is 6.10 Å². The first-order chi connectivity index (χ1) is 6.27. The summed E-state index contributed by atoms with van der Waals surface area (Å²) in [5, 5.41) is 0. The Labute approximate surface area is 78.1 Å². The SMILES string of the molecule is COC(C)CCc1ocnc1CN. The van der Waals surface area contributed by atoms with Crippen molar-refractivity contribution < 1.29 is 9.15 Å². The number of hydrogen-bond donors (Lipinski definition) is 1. The Hall–Kier alpha value is -0.870. The van der Waals surface area contributed by atoms with Crippen LogP contribution in [0.3, 0.4) is 0 Å². The summed E-state index contributed by atoms with van der Waals surface area (Å²) in [5.41, 5.74) is 6.33. The summed E-state index contributed by atoms with van der Waals surface area (Å²) < 4.78 is 10.3. The van der Waals surface area contributed by atoms with E-state index in [9.17, 15) is 0 Å². The highest BCUT2D eigenvalue weighted by Crippen LogP contribution is 2.10. The molecule has 13 heavy (non-hydrogen) atoms. The van der Waals surface area contributed by atoms with E-state index in [4.69, 9.17) is 14.9 Å². The molecule has 0 saturated heterocycles. The Morgan fingerprint density at radius 2 is 2.46 bits per heavy atom. The average molecular weight is 184 g/mol. The van der Waals surface area contributed by atoms with Crippen molar-refractivity contribution >= 4 is 0 Å². The van der Waals surface area contributed by atoms with Gasteiger partial charge in [-0.25, -0.2) is 4.98 Å². The predicted octanol–water partition coefficient (Wildman–Crippen LogP) is 1.10. The Morgan fingerprint density at radius 1 is 1.69 bits per heavy atom. The molecule has 1 rings (SSSR count). The molecule has 4 nitrogen and oxygen atoms in total. The van der Waals surface area contributed by atoms with Crippen LogP contribution in [0.5, 0.6) is 0 Å². The van der Waals surface area contributed by atoms with Gasteiger partial charge in [0.1, 0.15) is 5.76 Å². The highest BCUT2D eigenvalue weighted by atomic mass is 16.5. The zero-order valence-corrected chi connectivity index (χ0v) is 8.12. The van der Waals surface area contributed by atoms with Crippen molar-refractivity contribution in [2.24, 2.45) is 5.73 Å². The van der Waals surface area contributed by atoms with Gasteiger partial charge in [0.05, 0.1) is 11.8 Å². The van der Waals surface area contributed by atoms with Crippen LogP contribution in [0.1, 0.15) is 24.8 Å². The van der Waals surface area contributed by atoms with Crippen molar-refractivity contribution in [1.29, 1.82) is 0 Å². The maximum absolute atomic E-state index is 5.48. The quantitative estimate of drug-likeness (QED) is 0.744. The van der Waals surface area contributed by atoms with Crippen molar-refractivity contribution in [3.05, 3.63) is 17.8 Å². The van der Waals surface area contributed by atoms with Crippen LogP contribution in [-0.2, 0) is 17.7 Å². The van der Waals surface area contributed by atoms with Gasteiger partial charge in [-0.05, 0) is 13.3 Å². The Kier molecular flexibility index (Phi) is 3.92. The minimum atomic E-state index is 0.246.